The first-order valence-corrected chi connectivity index (χ1v) is 4.71. The van der Waals surface area contributed by atoms with Crippen LogP contribution in [0.4, 0.5) is 0 Å². The van der Waals surface area contributed by atoms with Gasteiger partial charge in [0.2, 0.25) is 0 Å². The number of thioether (sulfide) groups is 1. The molecule has 1 aromatic heterocycles. The molecule has 0 aliphatic heterocycles. The summed E-state index contributed by atoms with van der Waals surface area (Å²) >= 11 is 1.76. The molecule has 0 bridgehead atoms. The van der Waals surface area contributed by atoms with Crippen molar-refractivity contribution in [3.8, 4) is 0 Å². The minimum atomic E-state index is 1.25. The Morgan fingerprint density at radius 2 is 2.09 bits per heavy atom. The van der Waals surface area contributed by atoms with Crippen LogP contribution in [0.1, 0.15) is 12.5 Å². The molecule has 1 nitrogen and oxygen atoms in total. The minimum absolute atomic E-state index is 1.25. The first-order valence-electron chi connectivity index (χ1n) is 3.49. The van der Waals surface area contributed by atoms with Gasteiger partial charge in [-0.1, -0.05) is 6.08 Å². The molecule has 1 heterocycles. The van der Waals surface area contributed by atoms with Crippen molar-refractivity contribution in [2.45, 2.75) is 6.92 Å². The number of hydrogen-bond acceptors (Lipinski definition) is 2. The van der Waals surface area contributed by atoms with Gasteiger partial charge in [-0.05, 0) is 30.9 Å². The molecule has 1 rings (SSSR count). The highest BCUT2D eigenvalue weighted by Gasteiger charge is 1.95. The third-order valence-electron chi connectivity index (χ3n) is 1.45. The summed E-state index contributed by atoms with van der Waals surface area (Å²) in [6.45, 7) is 2.05. The molecule has 0 saturated carbocycles. The number of rotatable bonds is 2. The maximum Gasteiger partial charge on any atom is 0.0274 e. The zero-order valence-electron chi connectivity index (χ0n) is 6.74. The van der Waals surface area contributed by atoms with Crippen LogP contribution in [0.25, 0.3) is 4.91 Å². The van der Waals surface area contributed by atoms with E-state index in [2.05, 4.69) is 17.3 Å². The summed E-state index contributed by atoms with van der Waals surface area (Å²) in [7, 11) is 0. The van der Waals surface area contributed by atoms with Gasteiger partial charge in [0.15, 0.2) is 0 Å². The highest BCUT2D eigenvalue weighted by Crippen LogP contribution is 2.23. The first-order chi connectivity index (χ1) is 5.38. The molecule has 0 unspecified atom stereocenters. The summed E-state index contributed by atoms with van der Waals surface area (Å²) < 4.78 is 0. The maximum atomic E-state index is 3.96. The Balaban J connectivity index is 2.92. The Hall–Kier alpha value is -0.760. The molecule has 11 heavy (non-hydrogen) atoms. The Morgan fingerprint density at radius 3 is 2.55 bits per heavy atom. The van der Waals surface area contributed by atoms with Crippen molar-refractivity contribution < 1.29 is 0 Å². The molecule has 0 atom stereocenters. The van der Waals surface area contributed by atoms with Crippen LogP contribution in [0.2, 0.25) is 0 Å². The van der Waals surface area contributed by atoms with Crippen LogP contribution in [-0.2, 0) is 0 Å². The van der Waals surface area contributed by atoms with E-state index < -0.39 is 0 Å². The van der Waals surface area contributed by atoms with Crippen molar-refractivity contribution in [2.75, 3.05) is 6.26 Å². The fraction of sp³-hybridized carbons (Fsp3) is 0.222. The molecule has 0 amide bonds. The van der Waals surface area contributed by atoms with Crippen LogP contribution >= 0.6 is 11.8 Å². The lowest BCUT2D eigenvalue weighted by atomic mass is 10.2. The van der Waals surface area contributed by atoms with E-state index in [-0.39, 0.29) is 0 Å². The van der Waals surface area contributed by atoms with Gasteiger partial charge in [-0.2, -0.15) is 0 Å². The van der Waals surface area contributed by atoms with Crippen LogP contribution in [-0.4, -0.2) is 11.2 Å². The van der Waals surface area contributed by atoms with E-state index >= 15 is 0 Å². The standard InChI is InChI=1S/C9H11NS/c1-3-9(11-2)8-4-6-10-7-5-8/h3-7H,1-2H3/b9-3-. The zero-order valence-corrected chi connectivity index (χ0v) is 7.56. The van der Waals surface area contributed by atoms with E-state index in [0.29, 0.717) is 0 Å². The molecule has 0 saturated heterocycles. The number of hydrogen-bond donors (Lipinski definition) is 0. The SMILES string of the molecule is C/C=C(\SC)c1ccncc1. The van der Waals surface area contributed by atoms with Gasteiger partial charge in [0.25, 0.3) is 0 Å². The molecule has 0 N–H and O–H groups in total. The third-order valence-corrected chi connectivity index (χ3v) is 2.36. The van der Waals surface area contributed by atoms with E-state index in [9.17, 15) is 0 Å². The predicted octanol–water partition coefficient (Wildman–Crippen LogP) is 2.81. The fourth-order valence-electron chi connectivity index (χ4n) is 0.919. The van der Waals surface area contributed by atoms with Crippen LogP contribution in [0.3, 0.4) is 0 Å². The summed E-state index contributed by atoms with van der Waals surface area (Å²) in [5.74, 6) is 0. The number of pyridine rings is 1. The molecular formula is C9H11NS. The molecule has 0 aliphatic carbocycles. The van der Waals surface area contributed by atoms with Gasteiger partial charge in [0, 0.05) is 17.3 Å². The van der Waals surface area contributed by atoms with Crippen molar-refractivity contribution >= 4 is 16.7 Å². The van der Waals surface area contributed by atoms with Crippen molar-refractivity contribution in [3.05, 3.63) is 36.2 Å². The van der Waals surface area contributed by atoms with Gasteiger partial charge in [-0.15, -0.1) is 11.8 Å². The summed E-state index contributed by atoms with van der Waals surface area (Å²) in [4.78, 5) is 5.26. The monoisotopic (exact) mass is 165 g/mol. The van der Waals surface area contributed by atoms with Gasteiger partial charge in [0.1, 0.15) is 0 Å². The van der Waals surface area contributed by atoms with E-state index in [0.717, 1.165) is 0 Å². The average Bonchev–Trinajstić information content (AvgIpc) is 2.09. The molecule has 58 valence electrons. The fourth-order valence-corrected chi connectivity index (χ4v) is 1.53. The molecule has 0 radical (unpaired) electrons. The van der Waals surface area contributed by atoms with Gasteiger partial charge in [0.05, 0.1) is 0 Å². The molecule has 1 aromatic rings. The second kappa shape index (κ2) is 4.19. The minimum Gasteiger partial charge on any atom is -0.265 e. The molecule has 2 heteroatoms. The maximum absolute atomic E-state index is 3.96. The van der Waals surface area contributed by atoms with Crippen molar-refractivity contribution in [2.24, 2.45) is 0 Å². The lowest BCUT2D eigenvalue weighted by Crippen LogP contribution is -1.78. The van der Waals surface area contributed by atoms with Crippen molar-refractivity contribution in [1.82, 2.24) is 4.98 Å². The lowest BCUT2D eigenvalue weighted by molar-refractivity contribution is 1.32. The second-order valence-electron chi connectivity index (χ2n) is 2.09. The van der Waals surface area contributed by atoms with Crippen molar-refractivity contribution in [3.63, 3.8) is 0 Å². The largest absolute Gasteiger partial charge is 0.265 e. The second-order valence-corrected chi connectivity index (χ2v) is 2.94. The summed E-state index contributed by atoms with van der Waals surface area (Å²) in [6, 6.07) is 4.04. The lowest BCUT2D eigenvalue weighted by Gasteiger charge is -2.00. The molecule has 0 spiro atoms. The van der Waals surface area contributed by atoms with Gasteiger partial charge < -0.3 is 0 Å². The Bertz CT molecular complexity index is 241. The van der Waals surface area contributed by atoms with Gasteiger partial charge in [-0.3, -0.25) is 4.98 Å². The molecular weight excluding hydrogens is 154 g/mol. The Morgan fingerprint density at radius 1 is 1.45 bits per heavy atom. The Labute approximate surface area is 71.5 Å². The summed E-state index contributed by atoms with van der Waals surface area (Å²) in [5.41, 5.74) is 1.25. The topological polar surface area (TPSA) is 12.9 Å². The predicted molar refractivity (Wildman–Crippen MR) is 51.4 cm³/mol. The van der Waals surface area contributed by atoms with Crippen LogP contribution < -0.4 is 0 Å². The summed E-state index contributed by atoms with van der Waals surface area (Å²) in [6.07, 6.45) is 7.82. The zero-order chi connectivity index (χ0) is 8.10. The molecule has 0 aliphatic rings. The van der Waals surface area contributed by atoms with E-state index in [1.807, 2.05) is 31.5 Å². The van der Waals surface area contributed by atoms with Crippen LogP contribution in [0, 0.1) is 0 Å². The highest BCUT2D eigenvalue weighted by atomic mass is 32.2. The number of allylic oxidation sites excluding steroid dienone is 1. The van der Waals surface area contributed by atoms with E-state index in [4.69, 9.17) is 0 Å². The third kappa shape index (κ3) is 2.09. The van der Waals surface area contributed by atoms with Crippen LogP contribution in [0.15, 0.2) is 30.6 Å². The van der Waals surface area contributed by atoms with Crippen LogP contribution in [0.5, 0.6) is 0 Å². The average molecular weight is 165 g/mol. The quantitative estimate of drug-likeness (QED) is 0.668. The number of nitrogens with zero attached hydrogens (tertiary/aromatic N) is 1. The van der Waals surface area contributed by atoms with E-state index in [1.165, 1.54) is 10.5 Å². The van der Waals surface area contributed by atoms with Crippen molar-refractivity contribution in [1.29, 1.82) is 0 Å². The Kier molecular flexibility index (Phi) is 3.17. The summed E-state index contributed by atoms with van der Waals surface area (Å²) in [5, 5.41) is 0. The molecule has 0 fully saturated rings. The molecule has 0 aromatic carbocycles. The number of aromatic nitrogens is 1. The van der Waals surface area contributed by atoms with E-state index in [1.54, 1.807) is 11.8 Å². The normalized spacial score (nSPS) is 11.6. The smallest absolute Gasteiger partial charge is 0.0274 e. The highest BCUT2D eigenvalue weighted by molar-refractivity contribution is 8.07. The van der Waals surface area contributed by atoms with Gasteiger partial charge >= 0.3 is 0 Å². The first kappa shape index (κ1) is 8.34. The van der Waals surface area contributed by atoms with Gasteiger partial charge in [-0.25, -0.2) is 0 Å².